The van der Waals surface area contributed by atoms with Crippen molar-refractivity contribution >= 4 is 17.8 Å². The third kappa shape index (κ3) is 3.57. The number of hydrogen-bond donors (Lipinski definition) is 1. The summed E-state index contributed by atoms with van der Waals surface area (Å²) in [5, 5.41) is 10.0. The van der Waals surface area contributed by atoms with Gasteiger partial charge in [-0.1, -0.05) is 44.6 Å². The molecule has 0 aliphatic carbocycles. The summed E-state index contributed by atoms with van der Waals surface area (Å²) in [5.41, 5.74) is -1.25. The Bertz CT molecular complexity index is 806. The second kappa shape index (κ2) is 9.35. The van der Waals surface area contributed by atoms with Crippen molar-refractivity contribution in [1.29, 1.82) is 0 Å². The molecular weight excluding hydrogens is 412 g/mol. The van der Waals surface area contributed by atoms with Gasteiger partial charge >= 0.3 is 5.97 Å². The summed E-state index contributed by atoms with van der Waals surface area (Å²) in [6.07, 6.45) is 10.7. The lowest BCUT2D eigenvalue weighted by Crippen LogP contribution is -2.58. The molecule has 0 aromatic rings. The summed E-state index contributed by atoms with van der Waals surface area (Å²) in [6, 6.07) is -1.44. The molecule has 1 unspecified atom stereocenters. The Balaban J connectivity index is 1.82. The Kier molecular flexibility index (Phi) is 6.72. The molecule has 8 heteroatoms. The van der Waals surface area contributed by atoms with Crippen molar-refractivity contribution in [2.24, 2.45) is 11.8 Å². The van der Waals surface area contributed by atoms with E-state index in [4.69, 9.17) is 9.47 Å². The van der Waals surface area contributed by atoms with Gasteiger partial charge in [0, 0.05) is 13.1 Å². The van der Waals surface area contributed by atoms with Crippen molar-refractivity contribution in [2.75, 3.05) is 26.3 Å². The van der Waals surface area contributed by atoms with Gasteiger partial charge in [0.05, 0.1) is 31.3 Å². The van der Waals surface area contributed by atoms with Crippen molar-refractivity contribution in [3.8, 4) is 0 Å². The van der Waals surface area contributed by atoms with Crippen molar-refractivity contribution < 1.29 is 29.0 Å². The van der Waals surface area contributed by atoms with E-state index in [1.807, 2.05) is 31.2 Å². The minimum atomic E-state index is -1.25. The molecular formula is C24H34N2O6. The maximum Gasteiger partial charge on any atom is 0.312 e. The Morgan fingerprint density at radius 3 is 2.75 bits per heavy atom. The van der Waals surface area contributed by atoms with Gasteiger partial charge in [0.2, 0.25) is 11.8 Å². The number of amides is 2. The van der Waals surface area contributed by atoms with Crippen molar-refractivity contribution in [1.82, 2.24) is 9.80 Å². The third-order valence-corrected chi connectivity index (χ3v) is 7.23. The smallest absolute Gasteiger partial charge is 0.312 e. The van der Waals surface area contributed by atoms with Crippen LogP contribution in [-0.2, 0) is 23.9 Å². The molecule has 2 saturated heterocycles. The first-order chi connectivity index (χ1) is 15.5. The second-order valence-corrected chi connectivity index (χ2v) is 9.11. The number of cyclic esters (lactones) is 1. The van der Waals surface area contributed by atoms with Gasteiger partial charge < -0.3 is 24.4 Å². The molecule has 0 aromatic carbocycles. The molecule has 2 fully saturated rings. The highest BCUT2D eigenvalue weighted by Gasteiger charge is 2.72. The van der Waals surface area contributed by atoms with Crippen LogP contribution in [-0.4, -0.2) is 82.8 Å². The fraction of sp³-hybridized carbons (Fsp3) is 0.708. The van der Waals surface area contributed by atoms with Crippen LogP contribution < -0.4 is 0 Å². The summed E-state index contributed by atoms with van der Waals surface area (Å²) in [6.45, 7) is 5.00. The van der Waals surface area contributed by atoms with Gasteiger partial charge in [-0.25, -0.2) is 0 Å². The van der Waals surface area contributed by atoms with Crippen LogP contribution in [0.25, 0.3) is 0 Å². The van der Waals surface area contributed by atoms with E-state index < -0.39 is 41.6 Å². The van der Waals surface area contributed by atoms with Gasteiger partial charge in [0.25, 0.3) is 0 Å². The van der Waals surface area contributed by atoms with E-state index in [0.29, 0.717) is 32.5 Å². The quantitative estimate of drug-likeness (QED) is 0.490. The summed E-state index contributed by atoms with van der Waals surface area (Å²) < 4.78 is 12.0. The van der Waals surface area contributed by atoms with E-state index in [2.05, 4.69) is 6.92 Å². The van der Waals surface area contributed by atoms with Crippen molar-refractivity contribution in [3.63, 3.8) is 0 Å². The van der Waals surface area contributed by atoms with Crippen LogP contribution in [0.15, 0.2) is 24.3 Å². The monoisotopic (exact) mass is 446 g/mol. The van der Waals surface area contributed by atoms with Gasteiger partial charge in [-0.2, -0.15) is 0 Å². The highest BCUT2D eigenvalue weighted by Crippen LogP contribution is 2.53. The molecule has 0 radical (unpaired) electrons. The van der Waals surface area contributed by atoms with E-state index >= 15 is 0 Å². The molecule has 0 saturated carbocycles. The number of carbonyl (C=O) groups is 3. The van der Waals surface area contributed by atoms with E-state index in [1.165, 1.54) is 4.90 Å². The molecule has 6 atom stereocenters. The lowest BCUT2D eigenvalue weighted by Gasteiger charge is -2.38. The average Bonchev–Trinajstić information content (AvgIpc) is 3.20. The number of esters is 1. The van der Waals surface area contributed by atoms with Crippen LogP contribution in [0, 0.1) is 11.8 Å². The number of aliphatic hydroxyl groups is 1. The zero-order valence-corrected chi connectivity index (χ0v) is 18.9. The number of aliphatic hydroxyl groups excluding tert-OH is 1. The number of carbonyl (C=O) groups excluding carboxylic acids is 3. The fourth-order valence-electron chi connectivity index (χ4n) is 5.60. The first kappa shape index (κ1) is 23.0. The predicted octanol–water partition coefficient (Wildman–Crippen LogP) is 1.43. The number of ether oxygens (including phenoxy) is 2. The summed E-state index contributed by atoms with van der Waals surface area (Å²) in [5.74, 6) is -2.64. The molecule has 32 heavy (non-hydrogen) atoms. The summed E-state index contributed by atoms with van der Waals surface area (Å²) in [7, 11) is 0. The average molecular weight is 447 g/mol. The van der Waals surface area contributed by atoms with Gasteiger partial charge in [0.1, 0.15) is 17.6 Å². The molecule has 8 nitrogen and oxygen atoms in total. The molecule has 4 aliphatic heterocycles. The number of likely N-dealkylation sites (tertiary alicyclic amines) is 1. The van der Waals surface area contributed by atoms with E-state index in [1.54, 1.807) is 4.90 Å². The van der Waals surface area contributed by atoms with Gasteiger partial charge in [-0.3, -0.25) is 14.4 Å². The minimum absolute atomic E-state index is 0.185. The van der Waals surface area contributed by atoms with Gasteiger partial charge in [-0.15, -0.1) is 0 Å². The maximum absolute atomic E-state index is 13.9. The number of unbranched alkanes of at least 4 members (excludes halogenated alkanes) is 1. The van der Waals surface area contributed by atoms with E-state index in [-0.39, 0.29) is 18.4 Å². The lowest BCUT2D eigenvalue weighted by molar-refractivity contribution is -0.156. The molecule has 1 spiro atoms. The number of hydrogen-bond acceptors (Lipinski definition) is 6. The van der Waals surface area contributed by atoms with Crippen LogP contribution >= 0.6 is 0 Å². The normalized spacial score (nSPS) is 36.4. The zero-order chi connectivity index (χ0) is 22.9. The Morgan fingerprint density at radius 2 is 2.03 bits per heavy atom. The van der Waals surface area contributed by atoms with Crippen molar-refractivity contribution in [3.05, 3.63) is 24.3 Å². The number of fused-ring (bicyclic) bond motifs is 2. The minimum Gasteiger partial charge on any atom is -0.465 e. The number of allylic oxidation sites excluding steroid dienone is 1. The number of rotatable bonds is 6. The second-order valence-electron chi connectivity index (χ2n) is 9.11. The molecule has 0 bridgehead atoms. The first-order valence-corrected chi connectivity index (χ1v) is 11.9. The van der Waals surface area contributed by atoms with Crippen LogP contribution in [0.1, 0.15) is 46.0 Å². The highest BCUT2D eigenvalue weighted by molar-refractivity contribution is 5.99. The standard InChI is InChI=1S/C24H34N2O6/c1-3-5-12-25-13-9-11-24-19(18-17(32-24)10-7-6-8-14-31-23(18)30)21(28)26(16(4-2)15-27)20(24)22(25)29/h7,9-11,16-20,27H,3-6,8,12-15H2,1-2H3/b10-7-/t16-,17-,18+,19-,20?,24-/m0/s1. The van der Waals surface area contributed by atoms with E-state index in [9.17, 15) is 19.5 Å². The summed E-state index contributed by atoms with van der Waals surface area (Å²) in [4.78, 5) is 44.0. The molecule has 4 aliphatic rings. The lowest BCUT2D eigenvalue weighted by atomic mass is 9.78. The van der Waals surface area contributed by atoms with E-state index in [0.717, 1.165) is 19.3 Å². The largest absolute Gasteiger partial charge is 0.465 e. The molecule has 2 amide bonds. The molecule has 1 N–H and O–H groups in total. The SMILES string of the molecule is CCCCN1CC=C[C@]23O[C@H]4/C=C\CCCOC(=O)[C@H]4[C@H]2C(=O)N([C@@H](CC)CO)C3C1=O. The molecule has 4 rings (SSSR count). The fourth-order valence-corrected chi connectivity index (χ4v) is 5.60. The van der Waals surface area contributed by atoms with Gasteiger partial charge in [-0.05, 0) is 25.7 Å². The zero-order valence-electron chi connectivity index (χ0n) is 18.9. The van der Waals surface area contributed by atoms with Crippen LogP contribution in [0.3, 0.4) is 0 Å². The highest BCUT2D eigenvalue weighted by atomic mass is 16.6. The molecule has 0 aromatic heterocycles. The van der Waals surface area contributed by atoms with Crippen LogP contribution in [0.4, 0.5) is 0 Å². The molecule has 4 heterocycles. The molecule has 176 valence electrons. The predicted molar refractivity (Wildman–Crippen MR) is 116 cm³/mol. The van der Waals surface area contributed by atoms with Crippen LogP contribution in [0.2, 0.25) is 0 Å². The Labute approximate surface area is 189 Å². The third-order valence-electron chi connectivity index (χ3n) is 7.23. The van der Waals surface area contributed by atoms with Crippen LogP contribution in [0.5, 0.6) is 0 Å². The maximum atomic E-state index is 13.9. The topological polar surface area (TPSA) is 96.4 Å². The first-order valence-electron chi connectivity index (χ1n) is 11.9. The Hall–Kier alpha value is -2.19. The van der Waals surface area contributed by atoms with Crippen molar-refractivity contribution in [2.45, 2.75) is 69.7 Å². The summed E-state index contributed by atoms with van der Waals surface area (Å²) >= 11 is 0. The Morgan fingerprint density at radius 1 is 1.22 bits per heavy atom. The van der Waals surface area contributed by atoms with Gasteiger partial charge in [0.15, 0.2) is 0 Å². The number of nitrogens with zero attached hydrogens (tertiary/aromatic N) is 2.